The van der Waals surface area contributed by atoms with Crippen molar-refractivity contribution in [2.24, 2.45) is 5.41 Å². The first-order valence-electron chi connectivity index (χ1n) is 10.1. The van der Waals surface area contributed by atoms with Crippen molar-refractivity contribution in [2.75, 3.05) is 17.2 Å². The van der Waals surface area contributed by atoms with Gasteiger partial charge < -0.3 is 4.74 Å². The van der Waals surface area contributed by atoms with Gasteiger partial charge in [0.1, 0.15) is 6.04 Å². The number of carbonyl (C=O) groups excluding carboxylic acids is 2. The fraction of sp³-hybridized carbons (Fsp3) is 0.364. The smallest absolute Gasteiger partial charge is 0.324 e. The minimum absolute atomic E-state index is 0.0656. The van der Waals surface area contributed by atoms with Crippen LogP contribution in [0, 0.1) is 12.3 Å². The number of methoxy groups -OCH3 is 1. The number of hydrogen-bond donors (Lipinski definition) is 1. The van der Waals surface area contributed by atoms with Crippen LogP contribution in [-0.4, -0.2) is 47.6 Å². The van der Waals surface area contributed by atoms with E-state index in [0.717, 1.165) is 9.87 Å². The van der Waals surface area contributed by atoms with Crippen molar-refractivity contribution >= 4 is 37.6 Å². The van der Waals surface area contributed by atoms with Crippen molar-refractivity contribution in [3.63, 3.8) is 0 Å². The molecule has 33 heavy (non-hydrogen) atoms. The van der Waals surface area contributed by atoms with Crippen molar-refractivity contribution in [2.45, 2.75) is 38.1 Å². The molecule has 1 fully saturated rings. The second-order valence-electron chi connectivity index (χ2n) is 8.55. The lowest BCUT2D eigenvalue weighted by Gasteiger charge is -2.20. The first-order valence-corrected chi connectivity index (χ1v) is 13.2. The highest BCUT2D eigenvalue weighted by Crippen LogP contribution is 2.36. The number of nitrogens with zero attached hydrogens (tertiary/aromatic N) is 1. The molecule has 1 atom stereocenters. The number of benzene rings is 2. The van der Waals surface area contributed by atoms with Crippen LogP contribution in [0.5, 0.6) is 0 Å². The standard InChI is InChI=1S/C22H26N2O7S2/c1-15-12-17(24-21(26)22(2,3)14-32(24,27)28)10-11-19(15)33(29,30)23-18(20(25)31-4)13-16-8-6-5-7-9-16/h5-12,18,23H,13-14H2,1-4H3. The van der Waals surface area contributed by atoms with Gasteiger partial charge in [-0.25, -0.2) is 21.1 Å². The molecule has 0 aromatic heterocycles. The third-order valence-electron chi connectivity index (χ3n) is 5.33. The van der Waals surface area contributed by atoms with Crippen LogP contribution in [0.4, 0.5) is 5.69 Å². The highest BCUT2D eigenvalue weighted by Gasteiger charge is 2.50. The molecule has 0 radical (unpaired) electrons. The monoisotopic (exact) mass is 494 g/mol. The molecule has 11 heteroatoms. The average Bonchev–Trinajstić information content (AvgIpc) is 2.89. The summed E-state index contributed by atoms with van der Waals surface area (Å²) in [5.41, 5.74) is -0.0561. The van der Waals surface area contributed by atoms with E-state index in [9.17, 15) is 26.4 Å². The maximum Gasteiger partial charge on any atom is 0.324 e. The molecule has 3 rings (SSSR count). The molecule has 0 bridgehead atoms. The van der Waals surface area contributed by atoms with Crippen LogP contribution in [0.15, 0.2) is 53.4 Å². The summed E-state index contributed by atoms with van der Waals surface area (Å²) in [4.78, 5) is 24.7. The van der Waals surface area contributed by atoms with E-state index in [1.807, 2.05) is 0 Å². The fourth-order valence-corrected chi connectivity index (χ4v) is 7.25. The summed E-state index contributed by atoms with van der Waals surface area (Å²) >= 11 is 0. The maximum atomic E-state index is 13.1. The van der Waals surface area contributed by atoms with Gasteiger partial charge in [0.15, 0.2) is 0 Å². The van der Waals surface area contributed by atoms with E-state index in [-0.39, 0.29) is 28.3 Å². The van der Waals surface area contributed by atoms with Crippen LogP contribution in [-0.2, 0) is 40.8 Å². The SMILES string of the molecule is COC(=O)C(Cc1ccccc1)NS(=O)(=O)c1ccc(N2C(=O)C(C)(C)CS2(=O)=O)cc1C. The van der Waals surface area contributed by atoms with Gasteiger partial charge in [-0.3, -0.25) is 9.59 Å². The molecule has 1 amide bonds. The molecular weight excluding hydrogens is 468 g/mol. The Morgan fingerprint density at radius 3 is 2.33 bits per heavy atom. The number of aryl methyl sites for hydroxylation is 1. The molecular formula is C22H26N2O7S2. The van der Waals surface area contributed by atoms with Crippen molar-refractivity contribution in [1.29, 1.82) is 0 Å². The highest BCUT2D eigenvalue weighted by molar-refractivity contribution is 7.94. The summed E-state index contributed by atoms with van der Waals surface area (Å²) in [6.45, 7) is 4.57. The average molecular weight is 495 g/mol. The Bertz CT molecular complexity index is 1290. The summed E-state index contributed by atoms with van der Waals surface area (Å²) in [6, 6.07) is 11.5. The minimum Gasteiger partial charge on any atom is -0.468 e. The summed E-state index contributed by atoms with van der Waals surface area (Å²) < 4.78 is 59.1. The Labute approximate surface area is 193 Å². The van der Waals surface area contributed by atoms with Crippen molar-refractivity contribution < 1.29 is 31.2 Å². The number of amides is 1. The number of ether oxygens (including phenoxy) is 1. The van der Waals surface area contributed by atoms with E-state index in [2.05, 4.69) is 4.72 Å². The van der Waals surface area contributed by atoms with Gasteiger partial charge in [-0.1, -0.05) is 30.3 Å². The molecule has 1 aliphatic rings. The fourth-order valence-electron chi connectivity index (χ4n) is 3.74. The quantitative estimate of drug-likeness (QED) is 0.581. The van der Waals surface area contributed by atoms with Gasteiger partial charge in [0.2, 0.25) is 26.0 Å². The van der Waals surface area contributed by atoms with Crippen molar-refractivity contribution in [3.05, 3.63) is 59.7 Å². The molecule has 1 heterocycles. The number of hydrogen-bond acceptors (Lipinski definition) is 7. The van der Waals surface area contributed by atoms with E-state index >= 15 is 0 Å². The molecule has 9 nitrogen and oxygen atoms in total. The molecule has 0 saturated carbocycles. The number of esters is 1. The van der Waals surface area contributed by atoms with Crippen LogP contribution in [0.3, 0.4) is 0 Å². The first kappa shape index (κ1) is 24.9. The summed E-state index contributed by atoms with van der Waals surface area (Å²) in [5.74, 6) is -1.66. The molecule has 0 aliphatic carbocycles. The zero-order valence-electron chi connectivity index (χ0n) is 18.7. The van der Waals surface area contributed by atoms with Crippen LogP contribution in [0.25, 0.3) is 0 Å². The lowest BCUT2D eigenvalue weighted by molar-refractivity contribution is -0.142. The van der Waals surface area contributed by atoms with Gasteiger partial charge in [-0.05, 0) is 56.5 Å². The Hall–Kier alpha value is -2.76. The topological polar surface area (TPSA) is 127 Å². The Morgan fingerprint density at radius 1 is 1.18 bits per heavy atom. The molecule has 1 saturated heterocycles. The second-order valence-corrected chi connectivity index (χ2v) is 12.0. The molecule has 0 spiro atoms. The van der Waals surface area contributed by atoms with Gasteiger partial charge >= 0.3 is 5.97 Å². The lowest BCUT2D eigenvalue weighted by atomic mass is 9.95. The summed E-state index contributed by atoms with van der Waals surface area (Å²) in [5, 5.41) is 0. The third-order valence-corrected chi connectivity index (χ3v) is 8.98. The predicted octanol–water partition coefficient (Wildman–Crippen LogP) is 1.76. The summed E-state index contributed by atoms with van der Waals surface area (Å²) in [7, 11) is -6.88. The molecule has 2 aromatic carbocycles. The zero-order valence-corrected chi connectivity index (χ0v) is 20.4. The number of nitrogens with one attached hydrogen (secondary N) is 1. The molecule has 1 unspecified atom stereocenters. The number of rotatable bonds is 7. The lowest BCUT2D eigenvalue weighted by Crippen LogP contribution is -2.43. The second kappa shape index (κ2) is 8.88. The van der Waals surface area contributed by atoms with E-state index < -0.39 is 43.4 Å². The van der Waals surface area contributed by atoms with Crippen molar-refractivity contribution in [3.8, 4) is 0 Å². The zero-order chi connectivity index (χ0) is 24.6. The predicted molar refractivity (Wildman–Crippen MR) is 123 cm³/mol. The van der Waals surface area contributed by atoms with Gasteiger partial charge in [0, 0.05) is 0 Å². The minimum atomic E-state index is -4.17. The van der Waals surface area contributed by atoms with Crippen LogP contribution in [0.1, 0.15) is 25.0 Å². The Morgan fingerprint density at radius 2 is 1.82 bits per heavy atom. The van der Waals surface area contributed by atoms with Crippen molar-refractivity contribution in [1.82, 2.24) is 4.72 Å². The molecule has 1 N–H and O–H groups in total. The van der Waals surface area contributed by atoms with Gasteiger partial charge in [0.05, 0.1) is 28.9 Å². The summed E-state index contributed by atoms with van der Waals surface area (Å²) in [6.07, 6.45) is 0.0828. The first-order chi connectivity index (χ1) is 15.3. The largest absolute Gasteiger partial charge is 0.468 e. The normalized spacial score (nSPS) is 18.2. The Balaban J connectivity index is 1.92. The van der Waals surface area contributed by atoms with E-state index in [1.54, 1.807) is 44.2 Å². The number of anilines is 1. The third kappa shape index (κ3) is 5.10. The highest BCUT2D eigenvalue weighted by atomic mass is 32.2. The molecule has 178 valence electrons. The van der Waals surface area contributed by atoms with Gasteiger partial charge in [0.25, 0.3) is 0 Å². The van der Waals surface area contributed by atoms with Crippen LogP contribution in [0.2, 0.25) is 0 Å². The molecule has 2 aromatic rings. The van der Waals surface area contributed by atoms with Gasteiger partial charge in [-0.2, -0.15) is 4.72 Å². The maximum absolute atomic E-state index is 13.1. The van der Waals surface area contributed by atoms with E-state index in [4.69, 9.17) is 4.74 Å². The Kier molecular flexibility index (Phi) is 6.69. The molecule has 1 aliphatic heterocycles. The van der Waals surface area contributed by atoms with E-state index in [0.29, 0.717) is 0 Å². The van der Waals surface area contributed by atoms with E-state index in [1.165, 1.54) is 32.2 Å². The number of carbonyl (C=O) groups is 2. The van der Waals surface area contributed by atoms with Crippen LogP contribution < -0.4 is 9.03 Å². The number of sulfonamides is 2. The van der Waals surface area contributed by atoms with Crippen LogP contribution >= 0.6 is 0 Å². The van der Waals surface area contributed by atoms with Gasteiger partial charge in [-0.15, -0.1) is 0 Å².